The second-order valence-corrected chi connectivity index (χ2v) is 6.97. The van der Waals surface area contributed by atoms with E-state index >= 15 is 0 Å². The zero-order chi connectivity index (χ0) is 16.5. The van der Waals surface area contributed by atoms with Crippen LogP contribution >= 0.6 is 24.0 Å². The summed E-state index contributed by atoms with van der Waals surface area (Å²) in [6.45, 7) is 12.6. The van der Waals surface area contributed by atoms with Gasteiger partial charge in [-0.2, -0.15) is 0 Å². The number of amides is 1. The van der Waals surface area contributed by atoms with E-state index in [0.717, 1.165) is 24.3 Å². The van der Waals surface area contributed by atoms with Crippen molar-refractivity contribution in [3.63, 3.8) is 0 Å². The molecule has 0 saturated heterocycles. The number of nitrogens with zero attached hydrogens (tertiary/aromatic N) is 1. The van der Waals surface area contributed by atoms with Crippen LogP contribution in [0.3, 0.4) is 0 Å². The largest absolute Gasteiger partial charge is 0.357 e. The zero-order valence-corrected chi connectivity index (χ0v) is 17.6. The molecule has 136 valence electrons. The lowest BCUT2D eigenvalue weighted by atomic mass is 9.80. The number of hydrogen-bond acceptors (Lipinski definition) is 2. The van der Waals surface area contributed by atoms with Crippen molar-refractivity contribution < 1.29 is 4.79 Å². The normalized spacial score (nSPS) is 24.8. The van der Waals surface area contributed by atoms with Gasteiger partial charge in [0.25, 0.3) is 0 Å². The van der Waals surface area contributed by atoms with Crippen molar-refractivity contribution in [3.05, 3.63) is 0 Å². The lowest BCUT2D eigenvalue weighted by Crippen LogP contribution is -2.46. The van der Waals surface area contributed by atoms with Crippen molar-refractivity contribution in [1.29, 1.82) is 0 Å². The van der Waals surface area contributed by atoms with Gasteiger partial charge in [0.1, 0.15) is 0 Å². The number of carbonyl (C=O) groups is 1. The van der Waals surface area contributed by atoms with Gasteiger partial charge in [-0.1, -0.05) is 27.7 Å². The van der Waals surface area contributed by atoms with Crippen molar-refractivity contribution in [2.75, 3.05) is 19.6 Å². The van der Waals surface area contributed by atoms with E-state index in [-0.39, 0.29) is 35.8 Å². The van der Waals surface area contributed by atoms with Gasteiger partial charge in [-0.05, 0) is 38.0 Å². The van der Waals surface area contributed by atoms with E-state index in [9.17, 15) is 4.79 Å². The summed E-state index contributed by atoms with van der Waals surface area (Å²) in [5, 5.41) is 9.75. The Labute approximate surface area is 158 Å². The van der Waals surface area contributed by atoms with Crippen LogP contribution in [0.1, 0.15) is 53.9 Å². The third kappa shape index (κ3) is 9.37. The fourth-order valence-corrected chi connectivity index (χ4v) is 3.13. The fraction of sp³-hybridized carbons (Fsp3) is 0.882. The number of rotatable bonds is 6. The van der Waals surface area contributed by atoms with Gasteiger partial charge in [-0.15, -0.1) is 24.0 Å². The van der Waals surface area contributed by atoms with Gasteiger partial charge >= 0.3 is 0 Å². The zero-order valence-electron chi connectivity index (χ0n) is 15.3. The monoisotopic (exact) mass is 438 g/mol. The van der Waals surface area contributed by atoms with E-state index in [2.05, 4.69) is 41.7 Å². The van der Waals surface area contributed by atoms with Crippen molar-refractivity contribution >= 4 is 35.8 Å². The van der Waals surface area contributed by atoms with E-state index in [4.69, 9.17) is 0 Å². The van der Waals surface area contributed by atoms with E-state index < -0.39 is 0 Å². The molecule has 0 aromatic heterocycles. The molecule has 0 radical (unpaired) electrons. The van der Waals surface area contributed by atoms with Gasteiger partial charge in [0.15, 0.2) is 5.96 Å². The van der Waals surface area contributed by atoms with Crippen LogP contribution in [0.5, 0.6) is 0 Å². The lowest BCUT2D eigenvalue weighted by molar-refractivity contribution is -0.123. The molecule has 0 heterocycles. The molecular formula is C17H35IN4O. The van der Waals surface area contributed by atoms with Crippen LogP contribution < -0.4 is 16.0 Å². The minimum absolute atomic E-state index is 0. The quantitative estimate of drug-likeness (QED) is 0.259. The van der Waals surface area contributed by atoms with Crippen molar-refractivity contribution in [2.45, 2.75) is 59.9 Å². The van der Waals surface area contributed by atoms with E-state index in [1.54, 1.807) is 0 Å². The molecule has 1 rings (SSSR count). The predicted octanol–water partition coefficient (Wildman–Crippen LogP) is 2.76. The van der Waals surface area contributed by atoms with Gasteiger partial charge in [-0.3, -0.25) is 9.79 Å². The van der Waals surface area contributed by atoms with Crippen LogP contribution in [0.15, 0.2) is 4.99 Å². The van der Waals surface area contributed by atoms with E-state index in [0.29, 0.717) is 19.1 Å². The Morgan fingerprint density at radius 3 is 2.26 bits per heavy atom. The minimum atomic E-state index is 0. The lowest BCUT2D eigenvalue weighted by Gasteiger charge is -2.32. The summed E-state index contributed by atoms with van der Waals surface area (Å²) in [6.07, 6.45) is 3.74. The summed E-state index contributed by atoms with van der Waals surface area (Å²) >= 11 is 0. The molecule has 5 nitrogen and oxygen atoms in total. The first-order valence-corrected chi connectivity index (χ1v) is 8.74. The maximum Gasteiger partial charge on any atom is 0.222 e. The number of aliphatic imine (C=N–C) groups is 1. The third-order valence-electron chi connectivity index (χ3n) is 4.07. The Balaban J connectivity index is 0.00000484. The third-order valence-corrected chi connectivity index (χ3v) is 4.07. The van der Waals surface area contributed by atoms with E-state index in [1.165, 1.54) is 19.3 Å². The first-order valence-electron chi connectivity index (χ1n) is 8.74. The number of nitrogens with one attached hydrogen (secondary N) is 3. The Morgan fingerprint density at radius 1 is 1.13 bits per heavy atom. The summed E-state index contributed by atoms with van der Waals surface area (Å²) in [5.41, 5.74) is 0. The molecule has 1 fully saturated rings. The highest BCUT2D eigenvalue weighted by Crippen LogP contribution is 2.28. The van der Waals surface area contributed by atoms with Crippen molar-refractivity contribution in [2.24, 2.45) is 22.7 Å². The number of guanidine groups is 1. The molecule has 0 aromatic carbocycles. The maximum atomic E-state index is 11.5. The summed E-state index contributed by atoms with van der Waals surface area (Å²) in [7, 11) is 0. The highest BCUT2D eigenvalue weighted by Gasteiger charge is 2.24. The molecule has 6 heteroatoms. The predicted molar refractivity (Wildman–Crippen MR) is 108 cm³/mol. The average Bonchev–Trinajstić information content (AvgIpc) is 2.42. The van der Waals surface area contributed by atoms with Gasteiger partial charge in [-0.25, -0.2) is 0 Å². The fourth-order valence-electron chi connectivity index (χ4n) is 3.13. The highest BCUT2D eigenvalue weighted by atomic mass is 127. The van der Waals surface area contributed by atoms with Gasteiger partial charge < -0.3 is 16.0 Å². The Morgan fingerprint density at radius 2 is 1.74 bits per heavy atom. The van der Waals surface area contributed by atoms with Crippen LogP contribution in [-0.4, -0.2) is 37.5 Å². The Bertz CT molecular complexity index is 364. The summed E-state index contributed by atoms with van der Waals surface area (Å²) < 4.78 is 0. The van der Waals surface area contributed by atoms with Gasteiger partial charge in [0.2, 0.25) is 5.91 Å². The van der Waals surface area contributed by atoms with Crippen LogP contribution in [0.2, 0.25) is 0 Å². The molecule has 2 unspecified atom stereocenters. The highest BCUT2D eigenvalue weighted by molar-refractivity contribution is 14.0. The maximum absolute atomic E-state index is 11.5. The molecule has 0 aliphatic heterocycles. The molecular weight excluding hydrogens is 403 g/mol. The number of hydrogen-bond donors (Lipinski definition) is 3. The molecule has 0 spiro atoms. The van der Waals surface area contributed by atoms with Gasteiger partial charge in [0, 0.05) is 25.0 Å². The number of halogens is 1. The van der Waals surface area contributed by atoms with Crippen molar-refractivity contribution in [3.8, 4) is 0 Å². The average molecular weight is 438 g/mol. The SMILES string of the molecule is CCNC(=NCCNC(=O)C(C)C)NC1CC(C)CC(C)C1.I. The Hall–Kier alpha value is -0.530. The molecule has 0 aromatic rings. The van der Waals surface area contributed by atoms with Crippen LogP contribution in [-0.2, 0) is 4.79 Å². The molecule has 2 atom stereocenters. The van der Waals surface area contributed by atoms with Crippen LogP contribution in [0, 0.1) is 17.8 Å². The summed E-state index contributed by atoms with van der Waals surface area (Å²) in [4.78, 5) is 16.1. The second-order valence-electron chi connectivity index (χ2n) is 6.97. The second kappa shape index (κ2) is 11.9. The number of carbonyl (C=O) groups excluding carboxylic acids is 1. The molecule has 1 aliphatic rings. The summed E-state index contributed by atoms with van der Waals surface area (Å²) in [5.74, 6) is 2.53. The van der Waals surface area contributed by atoms with Crippen LogP contribution in [0.4, 0.5) is 0 Å². The van der Waals surface area contributed by atoms with E-state index in [1.807, 2.05) is 13.8 Å². The molecule has 1 saturated carbocycles. The summed E-state index contributed by atoms with van der Waals surface area (Å²) in [6, 6.07) is 0.502. The standard InChI is InChI=1S/C17H34N4O.HI/c1-6-18-17(20-8-7-19-16(22)12(2)3)21-15-10-13(4)9-14(5)11-15;/h12-15H,6-11H2,1-5H3,(H,19,22)(H2,18,20,21);1H. The molecule has 1 amide bonds. The van der Waals surface area contributed by atoms with Crippen LogP contribution in [0.25, 0.3) is 0 Å². The molecule has 1 aliphatic carbocycles. The molecule has 0 bridgehead atoms. The first-order chi connectivity index (χ1) is 10.4. The Kier molecular flexibility index (Phi) is 11.6. The molecule has 23 heavy (non-hydrogen) atoms. The minimum Gasteiger partial charge on any atom is -0.357 e. The first kappa shape index (κ1) is 22.5. The van der Waals surface area contributed by atoms with Crippen molar-refractivity contribution in [1.82, 2.24) is 16.0 Å². The topological polar surface area (TPSA) is 65.5 Å². The van der Waals surface area contributed by atoms with Gasteiger partial charge in [0.05, 0.1) is 6.54 Å². The smallest absolute Gasteiger partial charge is 0.222 e. The molecule has 3 N–H and O–H groups in total.